The number of fused-ring (bicyclic) bond motifs is 4. The maximum atomic E-state index is 13.8. The van der Waals surface area contributed by atoms with E-state index in [0.717, 1.165) is 4.90 Å². The molecule has 0 radical (unpaired) electrons. The van der Waals surface area contributed by atoms with Crippen LogP contribution in [-0.2, 0) is 29.5 Å². The van der Waals surface area contributed by atoms with Crippen molar-refractivity contribution >= 4 is 52.6 Å². The first-order valence-corrected chi connectivity index (χ1v) is 11.4. The van der Waals surface area contributed by atoms with E-state index in [9.17, 15) is 24.0 Å². The van der Waals surface area contributed by atoms with Crippen molar-refractivity contribution in [2.24, 2.45) is 17.6 Å². The van der Waals surface area contributed by atoms with Gasteiger partial charge < -0.3 is 15.8 Å². The van der Waals surface area contributed by atoms with E-state index in [-0.39, 0.29) is 24.3 Å². The quantitative estimate of drug-likeness (QED) is 0.417. The Morgan fingerprint density at radius 1 is 1.11 bits per heavy atom. The number of benzene rings is 2. The second-order valence-corrected chi connectivity index (χ2v) is 9.09. The van der Waals surface area contributed by atoms with Crippen molar-refractivity contribution < 1.29 is 28.7 Å². The second-order valence-electron chi connectivity index (χ2n) is 8.66. The molecule has 2 aromatic rings. The number of nitrogens with one attached hydrogen (secondary N) is 2. The molecule has 180 valence electrons. The molecule has 35 heavy (non-hydrogen) atoms. The minimum absolute atomic E-state index is 0.205. The molecule has 3 heterocycles. The highest BCUT2D eigenvalue weighted by Gasteiger charge is 2.70. The van der Waals surface area contributed by atoms with Gasteiger partial charge in [-0.15, -0.1) is 0 Å². The SMILES string of the molecule is CCOC(=O)c1ccc(N2C(=O)[C@@H]3[C@@H](C2=O)[C@]2(N[C@@H]3CC(N)=O)C(=O)Nc3ccc(Cl)cc32)cc1. The molecule has 3 aliphatic heterocycles. The zero-order chi connectivity index (χ0) is 25.1. The number of anilines is 2. The first-order valence-electron chi connectivity index (χ1n) is 11.0. The summed E-state index contributed by atoms with van der Waals surface area (Å²) in [6.07, 6.45) is -0.249. The molecule has 4 N–H and O–H groups in total. The summed E-state index contributed by atoms with van der Waals surface area (Å²) in [5.41, 5.74) is 5.22. The lowest BCUT2D eigenvalue weighted by molar-refractivity contribution is -0.130. The van der Waals surface area contributed by atoms with Gasteiger partial charge in [-0.05, 0) is 49.4 Å². The van der Waals surface area contributed by atoms with Crippen LogP contribution in [-0.4, -0.2) is 42.2 Å². The Labute approximate surface area is 204 Å². The highest BCUT2D eigenvalue weighted by atomic mass is 35.5. The van der Waals surface area contributed by atoms with Crippen molar-refractivity contribution in [3.63, 3.8) is 0 Å². The predicted molar refractivity (Wildman–Crippen MR) is 124 cm³/mol. The van der Waals surface area contributed by atoms with Gasteiger partial charge in [-0.1, -0.05) is 11.6 Å². The number of halogens is 1. The minimum Gasteiger partial charge on any atom is -0.462 e. The molecule has 2 saturated heterocycles. The van der Waals surface area contributed by atoms with Crippen LogP contribution >= 0.6 is 11.6 Å². The molecule has 5 rings (SSSR count). The van der Waals surface area contributed by atoms with Crippen LogP contribution in [0.4, 0.5) is 11.4 Å². The number of carbonyl (C=O) groups excluding carboxylic acids is 5. The molecular weight excluding hydrogens is 476 g/mol. The van der Waals surface area contributed by atoms with Crippen molar-refractivity contribution in [3.05, 3.63) is 58.6 Å². The van der Waals surface area contributed by atoms with Crippen molar-refractivity contribution in [3.8, 4) is 0 Å². The smallest absolute Gasteiger partial charge is 0.338 e. The summed E-state index contributed by atoms with van der Waals surface area (Å²) in [4.78, 5) is 65.6. The number of ether oxygens (including phenoxy) is 1. The van der Waals surface area contributed by atoms with Gasteiger partial charge in [0.25, 0.3) is 0 Å². The highest BCUT2D eigenvalue weighted by Crippen LogP contribution is 2.54. The van der Waals surface area contributed by atoms with Gasteiger partial charge in [-0.25, -0.2) is 9.69 Å². The number of carbonyl (C=O) groups is 5. The lowest BCUT2D eigenvalue weighted by Gasteiger charge is -2.29. The summed E-state index contributed by atoms with van der Waals surface area (Å²) in [7, 11) is 0. The fourth-order valence-corrected chi connectivity index (χ4v) is 5.55. The van der Waals surface area contributed by atoms with E-state index in [1.165, 1.54) is 24.3 Å². The van der Waals surface area contributed by atoms with Gasteiger partial charge in [0, 0.05) is 28.7 Å². The van der Waals surface area contributed by atoms with Crippen molar-refractivity contribution in [2.75, 3.05) is 16.8 Å². The maximum Gasteiger partial charge on any atom is 0.338 e. The third-order valence-electron chi connectivity index (χ3n) is 6.73. The summed E-state index contributed by atoms with van der Waals surface area (Å²) >= 11 is 6.21. The van der Waals surface area contributed by atoms with Crippen molar-refractivity contribution in [1.82, 2.24) is 5.32 Å². The maximum absolute atomic E-state index is 13.8. The third-order valence-corrected chi connectivity index (χ3v) is 6.97. The summed E-state index contributed by atoms with van der Waals surface area (Å²) in [6, 6.07) is 9.77. The number of primary amides is 1. The Hall–Kier alpha value is -3.76. The lowest BCUT2D eigenvalue weighted by Crippen LogP contribution is -2.53. The molecule has 4 amide bonds. The molecule has 11 heteroatoms. The Kier molecular flexibility index (Phi) is 5.37. The summed E-state index contributed by atoms with van der Waals surface area (Å²) in [5.74, 6) is -5.05. The van der Waals surface area contributed by atoms with Gasteiger partial charge in [-0.3, -0.25) is 24.5 Å². The van der Waals surface area contributed by atoms with E-state index in [4.69, 9.17) is 22.1 Å². The normalized spacial score (nSPS) is 26.6. The topological polar surface area (TPSA) is 148 Å². The Balaban J connectivity index is 1.59. The second kappa shape index (κ2) is 8.17. The van der Waals surface area contributed by atoms with Crippen LogP contribution in [0.15, 0.2) is 42.5 Å². The molecule has 2 aromatic carbocycles. The van der Waals surface area contributed by atoms with E-state index in [2.05, 4.69) is 10.6 Å². The third kappa shape index (κ3) is 3.32. The molecular formula is C24H21ClN4O6. The van der Waals surface area contributed by atoms with Crippen LogP contribution in [0.2, 0.25) is 5.02 Å². The number of hydrogen-bond acceptors (Lipinski definition) is 7. The van der Waals surface area contributed by atoms with E-state index in [0.29, 0.717) is 16.3 Å². The Bertz CT molecular complexity index is 1300. The highest BCUT2D eigenvalue weighted by molar-refractivity contribution is 6.31. The molecule has 10 nitrogen and oxygen atoms in total. The number of nitrogens with zero attached hydrogens (tertiary/aromatic N) is 1. The number of hydrogen-bond donors (Lipinski definition) is 3. The van der Waals surface area contributed by atoms with Gasteiger partial charge in [-0.2, -0.15) is 0 Å². The fraction of sp³-hybridized carbons (Fsp3) is 0.292. The molecule has 0 saturated carbocycles. The molecule has 4 atom stereocenters. The number of nitrogens with two attached hydrogens (primary N) is 1. The summed E-state index contributed by atoms with van der Waals surface area (Å²) in [6.45, 7) is 1.89. The summed E-state index contributed by atoms with van der Waals surface area (Å²) in [5, 5.41) is 6.21. The molecule has 0 aliphatic carbocycles. The van der Waals surface area contributed by atoms with Crippen LogP contribution in [0.25, 0.3) is 0 Å². The first kappa shape index (κ1) is 23.0. The van der Waals surface area contributed by atoms with Crippen LogP contribution in [0, 0.1) is 11.8 Å². The number of esters is 1. The zero-order valence-corrected chi connectivity index (χ0v) is 19.3. The first-order chi connectivity index (χ1) is 16.7. The number of imide groups is 1. The van der Waals surface area contributed by atoms with Crippen LogP contribution < -0.4 is 21.3 Å². The monoisotopic (exact) mass is 496 g/mol. The van der Waals surface area contributed by atoms with Crippen molar-refractivity contribution in [2.45, 2.75) is 24.9 Å². The van der Waals surface area contributed by atoms with Gasteiger partial charge in [0.1, 0.15) is 5.54 Å². The zero-order valence-electron chi connectivity index (χ0n) is 18.5. The minimum atomic E-state index is -1.60. The fourth-order valence-electron chi connectivity index (χ4n) is 5.38. The van der Waals surface area contributed by atoms with Crippen LogP contribution in [0.5, 0.6) is 0 Å². The summed E-state index contributed by atoms with van der Waals surface area (Å²) < 4.78 is 4.97. The van der Waals surface area contributed by atoms with Gasteiger partial charge >= 0.3 is 5.97 Å². The van der Waals surface area contributed by atoms with Crippen LogP contribution in [0.1, 0.15) is 29.3 Å². The number of amides is 4. The van der Waals surface area contributed by atoms with Gasteiger partial charge in [0.2, 0.25) is 23.6 Å². The van der Waals surface area contributed by atoms with Crippen LogP contribution in [0.3, 0.4) is 0 Å². The molecule has 0 aromatic heterocycles. The van der Waals surface area contributed by atoms with Crippen molar-refractivity contribution in [1.29, 1.82) is 0 Å². The van der Waals surface area contributed by atoms with E-state index >= 15 is 0 Å². The lowest BCUT2D eigenvalue weighted by atomic mass is 9.76. The molecule has 2 fully saturated rings. The Morgan fingerprint density at radius 2 is 1.83 bits per heavy atom. The van der Waals surface area contributed by atoms with E-state index < -0.39 is 53.0 Å². The number of rotatable bonds is 5. The van der Waals surface area contributed by atoms with Gasteiger partial charge in [0.05, 0.1) is 29.7 Å². The predicted octanol–water partition coefficient (Wildman–Crippen LogP) is 1.32. The average Bonchev–Trinajstić information content (AvgIpc) is 3.38. The molecule has 0 unspecified atom stereocenters. The van der Waals surface area contributed by atoms with E-state index in [1.54, 1.807) is 25.1 Å². The van der Waals surface area contributed by atoms with Gasteiger partial charge in [0.15, 0.2) is 0 Å². The largest absolute Gasteiger partial charge is 0.462 e. The Morgan fingerprint density at radius 3 is 2.49 bits per heavy atom. The molecule has 1 spiro atoms. The molecule has 3 aliphatic rings. The standard InChI is InChI=1S/C24H21ClN4O6/c1-2-35-22(33)11-3-6-13(7-4-11)29-20(31)18-16(10-17(26)30)28-24(19(18)21(29)32)14-9-12(25)5-8-15(14)27-23(24)34/h3-9,16,18-19,28H,2,10H2,1H3,(H2,26,30)(H,27,34)/t16-,18+,19+,24+/m1/s1. The van der Waals surface area contributed by atoms with E-state index in [1.807, 2.05) is 0 Å². The molecule has 0 bridgehead atoms. The average molecular weight is 497 g/mol.